The van der Waals surface area contributed by atoms with Crippen molar-refractivity contribution in [2.45, 2.75) is 32.6 Å². The number of hydrogen-bond donors (Lipinski definition) is 0. The Morgan fingerprint density at radius 2 is 1.61 bits per heavy atom. The Labute approximate surface area is 182 Å². The molecule has 2 heterocycles. The van der Waals surface area contributed by atoms with Gasteiger partial charge in [-0.3, -0.25) is 14.5 Å². The van der Waals surface area contributed by atoms with Gasteiger partial charge in [0.1, 0.15) is 17.3 Å². The Kier molecular flexibility index (Phi) is 6.35. The van der Waals surface area contributed by atoms with Crippen LogP contribution in [0.25, 0.3) is 5.57 Å². The third kappa shape index (κ3) is 4.48. The van der Waals surface area contributed by atoms with E-state index < -0.39 is 0 Å². The summed E-state index contributed by atoms with van der Waals surface area (Å²) in [6, 6.07) is 13.6. The predicted octanol–water partition coefficient (Wildman–Crippen LogP) is 4.03. The number of carbonyl (C=O) groups is 2. The molecule has 0 N–H and O–H groups in total. The zero-order valence-corrected chi connectivity index (χ0v) is 17.8. The van der Waals surface area contributed by atoms with E-state index >= 15 is 0 Å². The third-order valence-electron chi connectivity index (χ3n) is 5.72. The smallest absolute Gasteiger partial charge is 0.277 e. The van der Waals surface area contributed by atoms with Gasteiger partial charge in [-0.25, -0.2) is 4.39 Å². The van der Waals surface area contributed by atoms with E-state index in [0.717, 1.165) is 49.2 Å². The summed E-state index contributed by atoms with van der Waals surface area (Å²) in [4.78, 5) is 30.0. The second-order valence-corrected chi connectivity index (χ2v) is 7.93. The number of amides is 2. The van der Waals surface area contributed by atoms with Gasteiger partial charge >= 0.3 is 0 Å². The highest BCUT2D eigenvalue weighted by atomic mass is 19.1. The molecule has 0 aliphatic carbocycles. The van der Waals surface area contributed by atoms with E-state index in [1.807, 2.05) is 36.1 Å². The van der Waals surface area contributed by atoms with Crippen molar-refractivity contribution in [1.82, 2.24) is 9.80 Å². The SMILES string of the molecule is CCCOc1ccc(C2=C(N3CCCC3)C(=O)N(CCc3ccc(F)cc3)C2=O)cc1. The van der Waals surface area contributed by atoms with Gasteiger partial charge in [-0.2, -0.15) is 0 Å². The molecular formula is C25H27FN2O3. The molecule has 6 heteroatoms. The Morgan fingerprint density at radius 1 is 0.935 bits per heavy atom. The molecule has 2 amide bonds. The van der Waals surface area contributed by atoms with Crippen LogP contribution in [0.4, 0.5) is 4.39 Å². The van der Waals surface area contributed by atoms with Gasteiger partial charge in [0.05, 0.1) is 12.2 Å². The van der Waals surface area contributed by atoms with E-state index in [-0.39, 0.29) is 24.2 Å². The van der Waals surface area contributed by atoms with Crippen molar-refractivity contribution >= 4 is 17.4 Å². The molecule has 0 atom stereocenters. The molecule has 0 spiro atoms. The minimum absolute atomic E-state index is 0.240. The zero-order valence-electron chi connectivity index (χ0n) is 17.8. The number of ether oxygens (including phenoxy) is 1. The summed E-state index contributed by atoms with van der Waals surface area (Å²) in [5.74, 6) is -0.0610. The molecular weight excluding hydrogens is 395 g/mol. The van der Waals surface area contributed by atoms with E-state index in [1.165, 1.54) is 17.0 Å². The molecule has 5 nitrogen and oxygen atoms in total. The van der Waals surface area contributed by atoms with Crippen molar-refractivity contribution < 1.29 is 18.7 Å². The summed E-state index contributed by atoms with van der Waals surface area (Å²) < 4.78 is 18.8. The summed E-state index contributed by atoms with van der Waals surface area (Å²) >= 11 is 0. The van der Waals surface area contributed by atoms with Crippen LogP contribution < -0.4 is 4.74 Å². The summed E-state index contributed by atoms with van der Waals surface area (Å²) in [7, 11) is 0. The average Bonchev–Trinajstić information content (AvgIpc) is 3.39. The molecule has 1 fully saturated rings. The Hall–Kier alpha value is -3.15. The molecule has 0 saturated carbocycles. The van der Waals surface area contributed by atoms with Crippen molar-refractivity contribution in [2.24, 2.45) is 0 Å². The fourth-order valence-electron chi connectivity index (χ4n) is 4.09. The predicted molar refractivity (Wildman–Crippen MR) is 117 cm³/mol. The minimum Gasteiger partial charge on any atom is -0.494 e. The topological polar surface area (TPSA) is 49.9 Å². The fourth-order valence-corrected chi connectivity index (χ4v) is 4.09. The molecule has 2 aliphatic heterocycles. The fraction of sp³-hybridized carbons (Fsp3) is 0.360. The summed E-state index contributed by atoms with van der Waals surface area (Å²) in [5.41, 5.74) is 2.58. The van der Waals surface area contributed by atoms with E-state index in [9.17, 15) is 14.0 Å². The highest BCUT2D eigenvalue weighted by Gasteiger charge is 2.41. The van der Waals surface area contributed by atoms with Gasteiger partial charge < -0.3 is 9.64 Å². The molecule has 0 bridgehead atoms. The third-order valence-corrected chi connectivity index (χ3v) is 5.72. The van der Waals surface area contributed by atoms with E-state index in [0.29, 0.717) is 24.3 Å². The van der Waals surface area contributed by atoms with E-state index in [2.05, 4.69) is 0 Å². The van der Waals surface area contributed by atoms with Crippen molar-refractivity contribution in [1.29, 1.82) is 0 Å². The lowest BCUT2D eigenvalue weighted by Crippen LogP contribution is -2.36. The number of carbonyl (C=O) groups excluding carboxylic acids is 2. The number of benzene rings is 2. The van der Waals surface area contributed by atoms with Crippen LogP contribution in [-0.2, 0) is 16.0 Å². The van der Waals surface area contributed by atoms with Gasteiger partial charge in [-0.15, -0.1) is 0 Å². The minimum atomic E-state index is -0.302. The molecule has 2 aliphatic rings. The molecule has 1 saturated heterocycles. The quantitative estimate of drug-likeness (QED) is 0.603. The first-order valence-electron chi connectivity index (χ1n) is 10.9. The van der Waals surface area contributed by atoms with Crippen LogP contribution in [0.3, 0.4) is 0 Å². The van der Waals surface area contributed by atoms with Crippen LogP contribution in [0.2, 0.25) is 0 Å². The standard InChI is InChI=1S/C25H27FN2O3/c1-2-17-31-21-11-7-19(8-12-21)22-23(27-14-3-4-15-27)25(30)28(24(22)29)16-13-18-5-9-20(26)10-6-18/h5-12H,2-4,13-17H2,1H3. The number of likely N-dealkylation sites (tertiary alicyclic amines) is 1. The normalized spacial score (nSPS) is 16.6. The van der Waals surface area contributed by atoms with Crippen LogP contribution in [-0.4, -0.2) is 47.9 Å². The lowest BCUT2D eigenvalue weighted by Gasteiger charge is -2.20. The largest absolute Gasteiger partial charge is 0.494 e. The Balaban J connectivity index is 1.59. The molecule has 0 unspecified atom stereocenters. The molecule has 2 aromatic rings. The van der Waals surface area contributed by atoms with Crippen LogP contribution in [0.5, 0.6) is 5.75 Å². The maximum absolute atomic E-state index is 13.3. The van der Waals surface area contributed by atoms with Crippen LogP contribution in [0.1, 0.15) is 37.3 Å². The first-order chi connectivity index (χ1) is 15.1. The second kappa shape index (κ2) is 9.33. The average molecular weight is 423 g/mol. The first-order valence-corrected chi connectivity index (χ1v) is 10.9. The van der Waals surface area contributed by atoms with Gasteiger partial charge in [0.2, 0.25) is 0 Å². The lowest BCUT2D eigenvalue weighted by molar-refractivity contribution is -0.137. The van der Waals surface area contributed by atoms with Crippen molar-refractivity contribution in [2.75, 3.05) is 26.2 Å². The molecule has 0 aromatic heterocycles. The van der Waals surface area contributed by atoms with E-state index in [4.69, 9.17) is 4.74 Å². The van der Waals surface area contributed by atoms with Gasteiger partial charge in [0.15, 0.2) is 0 Å². The molecule has 31 heavy (non-hydrogen) atoms. The first kappa shape index (κ1) is 21.1. The Morgan fingerprint density at radius 3 is 2.26 bits per heavy atom. The molecule has 2 aromatic carbocycles. The van der Waals surface area contributed by atoms with Crippen LogP contribution >= 0.6 is 0 Å². The van der Waals surface area contributed by atoms with Gasteiger partial charge in [-0.05, 0) is 61.1 Å². The number of rotatable bonds is 8. The van der Waals surface area contributed by atoms with Crippen molar-refractivity contribution in [3.05, 3.63) is 71.2 Å². The maximum atomic E-state index is 13.3. The zero-order chi connectivity index (χ0) is 21.8. The van der Waals surface area contributed by atoms with Gasteiger partial charge in [0.25, 0.3) is 11.8 Å². The second-order valence-electron chi connectivity index (χ2n) is 7.93. The number of hydrogen-bond acceptors (Lipinski definition) is 4. The van der Waals surface area contributed by atoms with Crippen LogP contribution in [0, 0.1) is 5.82 Å². The Bertz CT molecular complexity index is 977. The summed E-state index contributed by atoms with van der Waals surface area (Å²) in [5, 5.41) is 0. The molecule has 162 valence electrons. The lowest BCUT2D eigenvalue weighted by atomic mass is 10.0. The van der Waals surface area contributed by atoms with E-state index in [1.54, 1.807) is 12.1 Å². The van der Waals surface area contributed by atoms with Crippen LogP contribution in [0.15, 0.2) is 54.2 Å². The molecule has 4 rings (SSSR count). The van der Waals surface area contributed by atoms with Crippen molar-refractivity contribution in [3.8, 4) is 5.75 Å². The van der Waals surface area contributed by atoms with Crippen molar-refractivity contribution in [3.63, 3.8) is 0 Å². The summed E-state index contributed by atoms with van der Waals surface area (Å²) in [6.07, 6.45) is 3.43. The summed E-state index contributed by atoms with van der Waals surface area (Å²) in [6.45, 7) is 4.50. The van der Waals surface area contributed by atoms with Gasteiger partial charge in [-0.1, -0.05) is 31.2 Å². The number of nitrogens with zero attached hydrogens (tertiary/aromatic N) is 2. The monoisotopic (exact) mass is 422 g/mol. The molecule has 0 radical (unpaired) electrons. The highest BCUT2D eigenvalue weighted by Crippen LogP contribution is 2.34. The maximum Gasteiger partial charge on any atom is 0.277 e. The number of imide groups is 1. The highest BCUT2D eigenvalue weighted by molar-refractivity contribution is 6.35. The van der Waals surface area contributed by atoms with Gasteiger partial charge in [0, 0.05) is 19.6 Å². The number of halogens is 1.